The van der Waals surface area contributed by atoms with Gasteiger partial charge in [0.15, 0.2) is 0 Å². The lowest BCUT2D eigenvalue weighted by Gasteiger charge is -2.21. The number of aromatic nitrogens is 1. The van der Waals surface area contributed by atoms with Crippen molar-refractivity contribution < 1.29 is 4.79 Å². The molecule has 1 amide bonds. The lowest BCUT2D eigenvalue weighted by molar-refractivity contribution is 0.0943. The van der Waals surface area contributed by atoms with Gasteiger partial charge in [-0.3, -0.25) is 4.79 Å². The topological polar surface area (TPSA) is 54.0 Å². The highest BCUT2D eigenvalue weighted by Crippen LogP contribution is 2.22. The number of amides is 1. The number of rotatable bonds is 6. The van der Waals surface area contributed by atoms with Crippen molar-refractivity contribution in [3.63, 3.8) is 0 Å². The van der Waals surface area contributed by atoms with Gasteiger partial charge in [-0.25, -0.2) is 4.98 Å². The minimum atomic E-state index is -0.00915. The van der Waals surface area contributed by atoms with Crippen molar-refractivity contribution in [1.29, 1.82) is 0 Å². The largest absolute Gasteiger partial charge is 0.370 e. The Morgan fingerprint density at radius 1 is 1.30 bits per heavy atom. The van der Waals surface area contributed by atoms with Crippen LogP contribution in [0.3, 0.4) is 0 Å². The molecule has 4 heteroatoms. The minimum Gasteiger partial charge on any atom is -0.370 e. The number of nitrogens with zero attached hydrogens (tertiary/aromatic N) is 1. The quantitative estimate of drug-likeness (QED) is 0.838. The van der Waals surface area contributed by atoms with E-state index < -0.39 is 0 Å². The Labute approximate surface area is 121 Å². The van der Waals surface area contributed by atoms with Crippen LogP contribution >= 0.6 is 0 Å². The van der Waals surface area contributed by atoms with E-state index in [1.54, 1.807) is 6.20 Å². The second kappa shape index (κ2) is 7.88. The van der Waals surface area contributed by atoms with E-state index >= 15 is 0 Å². The highest BCUT2D eigenvalue weighted by molar-refractivity contribution is 5.94. The summed E-state index contributed by atoms with van der Waals surface area (Å²) in [6, 6.07) is 3.70. The Morgan fingerprint density at radius 2 is 2.10 bits per heavy atom. The molecule has 0 aliphatic heterocycles. The second-order valence-corrected chi connectivity index (χ2v) is 5.57. The molecule has 1 aromatic heterocycles. The third kappa shape index (κ3) is 4.51. The van der Waals surface area contributed by atoms with E-state index in [1.807, 2.05) is 12.1 Å². The maximum atomic E-state index is 12.0. The molecule has 0 bridgehead atoms. The van der Waals surface area contributed by atoms with Crippen molar-refractivity contribution in [2.45, 2.75) is 45.4 Å². The number of carbonyl (C=O) groups excluding carboxylic acids is 1. The van der Waals surface area contributed by atoms with Gasteiger partial charge in [0.25, 0.3) is 5.91 Å². The minimum absolute atomic E-state index is 0.00915. The van der Waals surface area contributed by atoms with Gasteiger partial charge in [0.05, 0.1) is 5.56 Å². The molecule has 0 radical (unpaired) electrons. The molecule has 1 aliphatic rings. The lowest BCUT2D eigenvalue weighted by atomic mass is 9.89. The fraction of sp³-hybridized carbons (Fsp3) is 0.625. The molecule has 1 aliphatic carbocycles. The maximum Gasteiger partial charge on any atom is 0.252 e. The standard InChI is InChI=1S/C16H25N3O/c1-2-10-17-15-9-8-14(12-18-15)16(20)19-11-13-6-4-3-5-7-13/h8-9,12-13H,2-7,10-11H2,1H3,(H,17,18)(H,19,20). The van der Waals surface area contributed by atoms with Crippen molar-refractivity contribution in [2.24, 2.45) is 5.92 Å². The van der Waals surface area contributed by atoms with Crippen LogP contribution < -0.4 is 10.6 Å². The number of carbonyl (C=O) groups is 1. The first-order chi connectivity index (χ1) is 9.79. The van der Waals surface area contributed by atoms with E-state index in [9.17, 15) is 4.79 Å². The smallest absolute Gasteiger partial charge is 0.252 e. The van der Waals surface area contributed by atoms with E-state index in [2.05, 4.69) is 22.5 Å². The Bertz CT molecular complexity index is 410. The van der Waals surface area contributed by atoms with Crippen LogP contribution in [-0.4, -0.2) is 24.0 Å². The molecule has 2 rings (SSSR count). The van der Waals surface area contributed by atoms with Crippen molar-refractivity contribution in [1.82, 2.24) is 10.3 Å². The monoisotopic (exact) mass is 275 g/mol. The van der Waals surface area contributed by atoms with Gasteiger partial charge in [-0.1, -0.05) is 26.2 Å². The van der Waals surface area contributed by atoms with Crippen LogP contribution in [-0.2, 0) is 0 Å². The van der Waals surface area contributed by atoms with Crippen molar-refractivity contribution in [3.8, 4) is 0 Å². The fourth-order valence-corrected chi connectivity index (χ4v) is 2.62. The van der Waals surface area contributed by atoms with Gasteiger partial charge in [-0.2, -0.15) is 0 Å². The molecule has 0 aromatic carbocycles. The average molecular weight is 275 g/mol. The summed E-state index contributed by atoms with van der Waals surface area (Å²) in [5.41, 5.74) is 0.642. The molecular weight excluding hydrogens is 250 g/mol. The first-order valence-electron chi connectivity index (χ1n) is 7.77. The summed E-state index contributed by atoms with van der Waals surface area (Å²) >= 11 is 0. The Kier molecular flexibility index (Phi) is 5.84. The molecule has 1 aromatic rings. The molecule has 2 N–H and O–H groups in total. The van der Waals surface area contributed by atoms with Gasteiger partial charge in [-0.05, 0) is 37.3 Å². The van der Waals surface area contributed by atoms with Gasteiger partial charge < -0.3 is 10.6 Å². The van der Waals surface area contributed by atoms with Crippen molar-refractivity contribution in [3.05, 3.63) is 23.9 Å². The Morgan fingerprint density at radius 3 is 2.75 bits per heavy atom. The summed E-state index contributed by atoms with van der Waals surface area (Å²) in [5, 5.41) is 6.23. The van der Waals surface area contributed by atoms with E-state index in [4.69, 9.17) is 0 Å². The Balaban J connectivity index is 1.79. The van der Waals surface area contributed by atoms with Crippen LogP contribution in [0.5, 0.6) is 0 Å². The van der Waals surface area contributed by atoms with Crippen LogP contribution in [0.4, 0.5) is 5.82 Å². The molecule has 0 atom stereocenters. The second-order valence-electron chi connectivity index (χ2n) is 5.57. The van der Waals surface area contributed by atoms with E-state index in [-0.39, 0.29) is 5.91 Å². The number of hydrogen-bond acceptors (Lipinski definition) is 3. The molecular formula is C16H25N3O. The highest BCUT2D eigenvalue weighted by atomic mass is 16.1. The maximum absolute atomic E-state index is 12.0. The van der Waals surface area contributed by atoms with Crippen LogP contribution in [0.1, 0.15) is 55.8 Å². The third-order valence-corrected chi connectivity index (χ3v) is 3.86. The average Bonchev–Trinajstić information content (AvgIpc) is 2.52. The van der Waals surface area contributed by atoms with Gasteiger partial charge in [0.2, 0.25) is 0 Å². The third-order valence-electron chi connectivity index (χ3n) is 3.86. The number of nitrogens with one attached hydrogen (secondary N) is 2. The van der Waals surface area contributed by atoms with Crippen LogP contribution in [0, 0.1) is 5.92 Å². The van der Waals surface area contributed by atoms with Crippen molar-refractivity contribution in [2.75, 3.05) is 18.4 Å². The molecule has 0 unspecified atom stereocenters. The predicted molar refractivity (Wildman–Crippen MR) is 81.9 cm³/mol. The first-order valence-corrected chi connectivity index (χ1v) is 7.77. The van der Waals surface area contributed by atoms with Crippen LogP contribution in [0.2, 0.25) is 0 Å². The highest BCUT2D eigenvalue weighted by Gasteiger charge is 2.14. The van der Waals surface area contributed by atoms with E-state index in [0.29, 0.717) is 11.5 Å². The summed E-state index contributed by atoms with van der Waals surface area (Å²) in [5.74, 6) is 1.48. The molecule has 1 heterocycles. The van der Waals surface area contributed by atoms with Gasteiger partial charge >= 0.3 is 0 Å². The fourth-order valence-electron chi connectivity index (χ4n) is 2.62. The molecule has 4 nitrogen and oxygen atoms in total. The predicted octanol–water partition coefficient (Wildman–Crippen LogP) is 3.21. The van der Waals surface area contributed by atoms with Gasteiger partial charge in [0.1, 0.15) is 5.82 Å². The van der Waals surface area contributed by atoms with E-state index in [1.165, 1.54) is 32.1 Å². The molecule has 1 fully saturated rings. The summed E-state index contributed by atoms with van der Waals surface area (Å²) in [4.78, 5) is 16.3. The zero-order valence-electron chi connectivity index (χ0n) is 12.3. The molecule has 0 saturated heterocycles. The summed E-state index contributed by atoms with van der Waals surface area (Å²) in [6.07, 6.45) is 9.16. The summed E-state index contributed by atoms with van der Waals surface area (Å²) in [7, 11) is 0. The molecule has 1 saturated carbocycles. The molecule has 0 spiro atoms. The number of hydrogen-bond donors (Lipinski definition) is 2. The van der Waals surface area contributed by atoms with Crippen LogP contribution in [0.25, 0.3) is 0 Å². The zero-order valence-corrected chi connectivity index (χ0v) is 12.3. The van der Waals surface area contributed by atoms with E-state index in [0.717, 1.165) is 25.3 Å². The Hall–Kier alpha value is -1.58. The molecule has 110 valence electrons. The zero-order chi connectivity index (χ0) is 14.2. The number of pyridine rings is 1. The van der Waals surface area contributed by atoms with Gasteiger partial charge in [0, 0.05) is 19.3 Å². The summed E-state index contributed by atoms with van der Waals surface area (Å²) < 4.78 is 0. The normalized spacial score (nSPS) is 15.8. The summed E-state index contributed by atoms with van der Waals surface area (Å²) in [6.45, 7) is 3.81. The molecule has 20 heavy (non-hydrogen) atoms. The van der Waals surface area contributed by atoms with Gasteiger partial charge in [-0.15, -0.1) is 0 Å². The number of anilines is 1. The van der Waals surface area contributed by atoms with Crippen LogP contribution in [0.15, 0.2) is 18.3 Å². The SMILES string of the molecule is CCCNc1ccc(C(=O)NCC2CCCCC2)cn1. The lowest BCUT2D eigenvalue weighted by Crippen LogP contribution is -2.30. The first kappa shape index (κ1) is 14.8. The van der Waals surface area contributed by atoms with Crippen molar-refractivity contribution >= 4 is 11.7 Å².